The van der Waals surface area contributed by atoms with Crippen molar-refractivity contribution in [3.05, 3.63) is 131 Å². The van der Waals surface area contributed by atoms with Gasteiger partial charge in [0.15, 0.2) is 5.78 Å². The van der Waals surface area contributed by atoms with E-state index in [-0.39, 0.29) is 5.78 Å². The van der Waals surface area contributed by atoms with E-state index in [9.17, 15) is 9.59 Å². The van der Waals surface area contributed by atoms with Crippen molar-refractivity contribution in [2.24, 2.45) is 0 Å². The van der Waals surface area contributed by atoms with Crippen LogP contribution in [0.2, 0.25) is 0 Å². The van der Waals surface area contributed by atoms with Gasteiger partial charge in [0.05, 0.1) is 7.11 Å². The van der Waals surface area contributed by atoms with Gasteiger partial charge in [-0.3, -0.25) is 4.79 Å². The summed E-state index contributed by atoms with van der Waals surface area (Å²) in [6.45, 7) is 2.14. The fourth-order valence-corrected chi connectivity index (χ4v) is 4.11. The van der Waals surface area contributed by atoms with Gasteiger partial charge in [-0.25, -0.2) is 4.79 Å². The zero-order valence-electron chi connectivity index (χ0n) is 21.5. The van der Waals surface area contributed by atoms with Crippen LogP contribution in [0.5, 0.6) is 17.2 Å². The molecule has 4 aromatic carbocycles. The molecule has 0 aliphatic heterocycles. The molecule has 39 heavy (non-hydrogen) atoms. The maximum atomic E-state index is 13.1. The number of allylic oxidation sites excluding steroid dienone is 1. The molecule has 6 nitrogen and oxygen atoms in total. The van der Waals surface area contributed by atoms with Crippen molar-refractivity contribution in [2.45, 2.75) is 13.5 Å². The average molecular weight is 519 g/mol. The predicted molar refractivity (Wildman–Crippen MR) is 149 cm³/mol. The number of carbonyl (C=O) groups is 2. The summed E-state index contributed by atoms with van der Waals surface area (Å²) >= 11 is 0. The molecule has 0 unspecified atom stereocenters. The number of ether oxygens (including phenoxy) is 3. The van der Waals surface area contributed by atoms with Gasteiger partial charge in [0.1, 0.15) is 40.8 Å². The highest BCUT2D eigenvalue weighted by Gasteiger charge is 2.21. The van der Waals surface area contributed by atoms with E-state index >= 15 is 0 Å². The van der Waals surface area contributed by atoms with Gasteiger partial charge in [-0.05, 0) is 78.7 Å². The third-order valence-corrected chi connectivity index (χ3v) is 6.18. The second kappa shape index (κ2) is 11.5. The van der Waals surface area contributed by atoms with Crippen LogP contribution < -0.4 is 14.2 Å². The predicted octanol–water partition coefficient (Wildman–Crippen LogP) is 7.44. The van der Waals surface area contributed by atoms with Crippen LogP contribution in [0.4, 0.5) is 0 Å². The van der Waals surface area contributed by atoms with Crippen LogP contribution in [0.1, 0.15) is 37.6 Å². The number of carbonyl (C=O) groups excluding carboxylic acids is 2. The normalized spacial score (nSPS) is 11.0. The summed E-state index contributed by atoms with van der Waals surface area (Å²) in [5.74, 6) is 1.51. The first kappa shape index (κ1) is 25.5. The summed E-state index contributed by atoms with van der Waals surface area (Å²) in [6, 6.07) is 29.1. The summed E-state index contributed by atoms with van der Waals surface area (Å²) in [6.07, 6.45) is 3.21. The van der Waals surface area contributed by atoms with E-state index in [4.69, 9.17) is 18.6 Å². The summed E-state index contributed by atoms with van der Waals surface area (Å²) in [7, 11) is 1.58. The maximum Gasteiger partial charge on any atom is 0.347 e. The molecule has 5 rings (SSSR count). The zero-order chi connectivity index (χ0) is 27.2. The number of ketones is 1. The van der Waals surface area contributed by atoms with E-state index in [1.54, 1.807) is 80.8 Å². The molecule has 0 aliphatic carbocycles. The summed E-state index contributed by atoms with van der Waals surface area (Å²) in [4.78, 5) is 25.5. The molecular weight excluding hydrogens is 492 g/mol. The van der Waals surface area contributed by atoms with Gasteiger partial charge in [-0.2, -0.15) is 0 Å². The van der Waals surface area contributed by atoms with Gasteiger partial charge in [-0.1, -0.05) is 48.5 Å². The smallest absolute Gasteiger partial charge is 0.347 e. The topological polar surface area (TPSA) is 75.0 Å². The molecule has 0 spiro atoms. The van der Waals surface area contributed by atoms with E-state index in [0.717, 1.165) is 11.1 Å². The van der Waals surface area contributed by atoms with Crippen LogP contribution in [0.15, 0.2) is 108 Å². The van der Waals surface area contributed by atoms with Gasteiger partial charge in [0, 0.05) is 10.9 Å². The molecule has 0 saturated heterocycles. The minimum atomic E-state index is -0.524. The van der Waals surface area contributed by atoms with Crippen LogP contribution in [-0.2, 0) is 6.61 Å². The molecule has 6 heteroatoms. The van der Waals surface area contributed by atoms with Crippen molar-refractivity contribution in [2.75, 3.05) is 7.11 Å². The highest BCUT2D eigenvalue weighted by Crippen LogP contribution is 2.30. The first-order valence-electron chi connectivity index (χ1n) is 12.4. The zero-order valence-corrected chi connectivity index (χ0v) is 21.5. The van der Waals surface area contributed by atoms with Crippen LogP contribution >= 0.6 is 0 Å². The average Bonchev–Trinajstić information content (AvgIpc) is 3.31. The SMILES string of the molecule is COc1ccc(C(=O)C=Cc2ccc(OC(=O)c3c(C)oc4ccc(OCc5ccccc5)cc34)cc2)cc1. The Labute approximate surface area is 226 Å². The number of furan rings is 1. The lowest BCUT2D eigenvalue weighted by Crippen LogP contribution is -2.09. The second-order valence-electron chi connectivity index (χ2n) is 8.85. The lowest BCUT2D eigenvalue weighted by molar-refractivity contribution is 0.0734. The Hall–Kier alpha value is -5.10. The number of methoxy groups -OCH3 is 1. The Balaban J connectivity index is 1.26. The molecular formula is C33H26O6. The highest BCUT2D eigenvalue weighted by atomic mass is 16.5. The van der Waals surface area contributed by atoms with Crippen molar-refractivity contribution >= 4 is 28.8 Å². The van der Waals surface area contributed by atoms with Crippen molar-refractivity contribution < 1.29 is 28.2 Å². The number of fused-ring (bicyclic) bond motifs is 1. The Morgan fingerprint density at radius 3 is 2.23 bits per heavy atom. The van der Waals surface area contributed by atoms with Crippen molar-refractivity contribution in [1.82, 2.24) is 0 Å². The van der Waals surface area contributed by atoms with Gasteiger partial charge >= 0.3 is 5.97 Å². The molecule has 194 valence electrons. The lowest BCUT2D eigenvalue weighted by atomic mass is 10.1. The van der Waals surface area contributed by atoms with E-state index in [2.05, 4.69) is 0 Å². The second-order valence-corrected chi connectivity index (χ2v) is 8.85. The highest BCUT2D eigenvalue weighted by molar-refractivity contribution is 6.07. The molecule has 0 fully saturated rings. The number of hydrogen-bond acceptors (Lipinski definition) is 6. The molecule has 0 radical (unpaired) electrons. The van der Waals surface area contributed by atoms with Crippen LogP contribution in [-0.4, -0.2) is 18.9 Å². The number of hydrogen-bond donors (Lipinski definition) is 0. The Kier molecular flexibility index (Phi) is 7.55. The molecule has 0 atom stereocenters. The van der Waals surface area contributed by atoms with Crippen molar-refractivity contribution in [3.8, 4) is 17.2 Å². The van der Waals surface area contributed by atoms with Gasteiger partial charge in [0.25, 0.3) is 0 Å². The Bertz CT molecular complexity index is 1630. The molecule has 1 aromatic heterocycles. The van der Waals surface area contributed by atoms with Crippen LogP contribution in [0, 0.1) is 6.92 Å². The number of esters is 1. The van der Waals surface area contributed by atoms with Crippen LogP contribution in [0.25, 0.3) is 17.0 Å². The van der Waals surface area contributed by atoms with Gasteiger partial charge in [0.2, 0.25) is 0 Å². The quantitative estimate of drug-likeness (QED) is 0.0873. The first-order chi connectivity index (χ1) is 19.0. The number of aryl methyl sites for hydroxylation is 1. The van der Waals surface area contributed by atoms with Gasteiger partial charge < -0.3 is 18.6 Å². The van der Waals surface area contributed by atoms with Gasteiger partial charge in [-0.15, -0.1) is 0 Å². The number of rotatable bonds is 9. The molecule has 0 amide bonds. The molecule has 0 N–H and O–H groups in total. The molecule has 5 aromatic rings. The molecule has 0 aliphatic rings. The van der Waals surface area contributed by atoms with Crippen molar-refractivity contribution in [3.63, 3.8) is 0 Å². The lowest BCUT2D eigenvalue weighted by Gasteiger charge is -2.07. The maximum absolute atomic E-state index is 13.1. The Morgan fingerprint density at radius 1 is 0.821 bits per heavy atom. The van der Waals surface area contributed by atoms with E-state index < -0.39 is 5.97 Å². The van der Waals surface area contributed by atoms with E-state index in [1.165, 1.54) is 6.08 Å². The molecule has 0 saturated carbocycles. The third-order valence-electron chi connectivity index (χ3n) is 6.18. The fraction of sp³-hybridized carbons (Fsp3) is 0.0909. The number of benzene rings is 4. The summed E-state index contributed by atoms with van der Waals surface area (Å²) in [5, 5.41) is 0.625. The molecule has 1 heterocycles. The first-order valence-corrected chi connectivity index (χ1v) is 12.4. The van der Waals surface area contributed by atoms with E-state index in [1.807, 2.05) is 36.4 Å². The third kappa shape index (κ3) is 6.08. The minimum absolute atomic E-state index is 0.123. The minimum Gasteiger partial charge on any atom is -0.497 e. The fourth-order valence-electron chi connectivity index (χ4n) is 4.11. The largest absolute Gasteiger partial charge is 0.497 e. The summed E-state index contributed by atoms with van der Waals surface area (Å²) in [5.41, 5.74) is 3.33. The van der Waals surface area contributed by atoms with E-state index in [0.29, 0.717) is 51.7 Å². The van der Waals surface area contributed by atoms with Crippen LogP contribution in [0.3, 0.4) is 0 Å². The standard InChI is InChI=1S/C33H26O6/c1-22-32(29-20-28(17-19-31(29)38-22)37-21-24-6-4-3-5-7-24)33(35)39-27-13-8-23(9-14-27)10-18-30(34)25-11-15-26(36-2)16-12-25/h3-20H,21H2,1-2H3. The monoisotopic (exact) mass is 518 g/mol. The molecule has 0 bridgehead atoms. The Morgan fingerprint density at radius 2 is 1.51 bits per heavy atom. The summed E-state index contributed by atoms with van der Waals surface area (Å²) < 4.78 is 22.5. The van der Waals surface area contributed by atoms with Crippen molar-refractivity contribution in [1.29, 1.82) is 0 Å².